The van der Waals surface area contributed by atoms with Gasteiger partial charge < -0.3 is 10.0 Å². The number of nitrogens with zero attached hydrogens (tertiary/aromatic N) is 1. The lowest BCUT2D eigenvalue weighted by atomic mass is 9.76. The van der Waals surface area contributed by atoms with Crippen LogP contribution in [0.25, 0.3) is 0 Å². The smallest absolute Gasteiger partial charge is 0.310 e. The van der Waals surface area contributed by atoms with Crippen molar-refractivity contribution < 1.29 is 14.7 Å². The first-order chi connectivity index (χ1) is 8.66. The quantitative estimate of drug-likeness (QED) is 0.863. The minimum absolute atomic E-state index is 0.0300. The molecule has 1 rings (SSSR count). The lowest BCUT2D eigenvalue weighted by Gasteiger charge is -2.37. The van der Waals surface area contributed by atoms with E-state index in [1.807, 2.05) is 30.5 Å². The second-order valence-corrected chi connectivity index (χ2v) is 7.99. The Bertz CT molecular complexity index is 349. The van der Waals surface area contributed by atoms with Crippen molar-refractivity contribution in [1.29, 1.82) is 0 Å². The molecule has 0 radical (unpaired) electrons. The minimum atomic E-state index is -0.978. The van der Waals surface area contributed by atoms with Gasteiger partial charge in [-0.3, -0.25) is 9.59 Å². The second-order valence-electron chi connectivity index (χ2n) is 6.11. The van der Waals surface area contributed by atoms with Crippen LogP contribution in [0.5, 0.6) is 0 Å². The van der Waals surface area contributed by atoms with Crippen LogP contribution >= 0.6 is 11.8 Å². The zero-order valence-corrected chi connectivity index (χ0v) is 13.3. The van der Waals surface area contributed by atoms with E-state index in [1.165, 1.54) is 0 Å². The van der Waals surface area contributed by atoms with Crippen molar-refractivity contribution in [2.45, 2.75) is 51.5 Å². The molecule has 0 aromatic rings. The molecule has 1 aliphatic rings. The first-order valence-electron chi connectivity index (χ1n) is 6.83. The van der Waals surface area contributed by atoms with Crippen molar-refractivity contribution in [3.63, 3.8) is 0 Å². The summed E-state index contributed by atoms with van der Waals surface area (Å²) in [5, 5.41) is 10.2. The van der Waals surface area contributed by atoms with Crippen molar-refractivity contribution in [2.24, 2.45) is 11.3 Å². The standard InChI is InChI=1S/C14H25NO3S/c1-9(2)14(5,13(17)18)6-12(16)15-7-10(3)19-11(4)8-15/h9-11H,6-8H2,1-5H3,(H,17,18). The van der Waals surface area contributed by atoms with Crippen molar-refractivity contribution in [2.75, 3.05) is 13.1 Å². The molecule has 3 unspecified atom stereocenters. The average molecular weight is 287 g/mol. The van der Waals surface area contributed by atoms with Crippen molar-refractivity contribution in [3.05, 3.63) is 0 Å². The van der Waals surface area contributed by atoms with Crippen LogP contribution in [0.4, 0.5) is 0 Å². The van der Waals surface area contributed by atoms with E-state index in [2.05, 4.69) is 13.8 Å². The molecule has 5 heteroatoms. The Balaban J connectivity index is 2.75. The third-order valence-corrected chi connectivity index (χ3v) is 5.28. The zero-order valence-electron chi connectivity index (χ0n) is 12.5. The highest BCUT2D eigenvalue weighted by Crippen LogP contribution is 2.33. The van der Waals surface area contributed by atoms with Crippen molar-refractivity contribution in [1.82, 2.24) is 4.90 Å². The van der Waals surface area contributed by atoms with E-state index in [9.17, 15) is 14.7 Å². The fourth-order valence-corrected chi connectivity index (χ4v) is 3.66. The molecule has 0 aromatic heterocycles. The van der Waals surface area contributed by atoms with Crippen molar-refractivity contribution in [3.8, 4) is 0 Å². The van der Waals surface area contributed by atoms with E-state index in [4.69, 9.17) is 0 Å². The van der Waals surface area contributed by atoms with Gasteiger partial charge in [-0.2, -0.15) is 11.8 Å². The topological polar surface area (TPSA) is 57.6 Å². The molecule has 1 aliphatic heterocycles. The lowest BCUT2D eigenvalue weighted by molar-refractivity contribution is -0.155. The Morgan fingerprint density at radius 2 is 1.79 bits per heavy atom. The maximum Gasteiger partial charge on any atom is 0.310 e. The fourth-order valence-electron chi connectivity index (χ4n) is 2.33. The molecule has 1 fully saturated rings. The van der Waals surface area contributed by atoms with Gasteiger partial charge in [0.05, 0.1) is 5.41 Å². The molecule has 0 aliphatic carbocycles. The van der Waals surface area contributed by atoms with Gasteiger partial charge >= 0.3 is 5.97 Å². The number of rotatable bonds is 4. The second kappa shape index (κ2) is 6.16. The fraction of sp³-hybridized carbons (Fsp3) is 0.857. The number of hydrogen-bond acceptors (Lipinski definition) is 3. The van der Waals surface area contributed by atoms with Gasteiger partial charge in [0.1, 0.15) is 0 Å². The number of carboxylic acid groups (broad SMARTS) is 1. The van der Waals surface area contributed by atoms with E-state index in [1.54, 1.807) is 6.92 Å². The number of hydrogen-bond donors (Lipinski definition) is 1. The summed E-state index contributed by atoms with van der Waals surface area (Å²) in [5.41, 5.74) is -0.978. The molecule has 1 amide bonds. The summed E-state index contributed by atoms with van der Waals surface area (Å²) < 4.78 is 0. The van der Waals surface area contributed by atoms with Gasteiger partial charge in [0.15, 0.2) is 0 Å². The molecule has 3 atom stereocenters. The third kappa shape index (κ3) is 3.88. The summed E-state index contributed by atoms with van der Waals surface area (Å²) >= 11 is 1.88. The van der Waals surface area contributed by atoms with Gasteiger partial charge in [-0.1, -0.05) is 27.7 Å². The summed E-state index contributed by atoms with van der Waals surface area (Å²) in [6.45, 7) is 11.1. The Morgan fingerprint density at radius 3 is 2.16 bits per heavy atom. The molecular weight excluding hydrogens is 262 g/mol. The highest BCUT2D eigenvalue weighted by molar-refractivity contribution is 8.00. The number of carbonyl (C=O) groups excluding carboxylic acids is 1. The number of carbonyl (C=O) groups is 2. The molecule has 0 spiro atoms. The largest absolute Gasteiger partial charge is 0.481 e. The molecule has 1 heterocycles. The number of aliphatic carboxylic acids is 1. The predicted molar refractivity (Wildman–Crippen MR) is 78.3 cm³/mol. The Hall–Kier alpha value is -0.710. The van der Waals surface area contributed by atoms with E-state index in [0.717, 1.165) is 13.1 Å². The van der Waals surface area contributed by atoms with Crippen LogP contribution in [-0.2, 0) is 9.59 Å². The van der Waals surface area contributed by atoms with Gasteiger partial charge in [0.2, 0.25) is 5.91 Å². The molecule has 4 nitrogen and oxygen atoms in total. The molecule has 1 N–H and O–H groups in total. The van der Waals surface area contributed by atoms with Crippen LogP contribution in [0.2, 0.25) is 0 Å². The monoisotopic (exact) mass is 287 g/mol. The highest BCUT2D eigenvalue weighted by atomic mass is 32.2. The molecule has 19 heavy (non-hydrogen) atoms. The Labute approximate surface area is 119 Å². The van der Waals surface area contributed by atoms with Crippen LogP contribution in [0.15, 0.2) is 0 Å². The molecular formula is C14H25NO3S. The lowest BCUT2D eigenvalue weighted by Crippen LogP contribution is -2.47. The van der Waals surface area contributed by atoms with Crippen LogP contribution in [0.3, 0.4) is 0 Å². The van der Waals surface area contributed by atoms with Crippen molar-refractivity contribution >= 4 is 23.6 Å². The molecule has 0 saturated carbocycles. The van der Waals surface area contributed by atoms with Gasteiger partial charge in [-0.15, -0.1) is 0 Å². The Morgan fingerprint density at radius 1 is 1.32 bits per heavy atom. The maximum atomic E-state index is 12.4. The zero-order chi connectivity index (χ0) is 14.8. The summed E-state index contributed by atoms with van der Waals surface area (Å²) in [6, 6.07) is 0. The summed E-state index contributed by atoms with van der Waals surface area (Å²) in [6.07, 6.45) is 0.0874. The summed E-state index contributed by atoms with van der Waals surface area (Å²) in [5.74, 6) is -0.983. The molecule has 0 aromatic carbocycles. The van der Waals surface area contributed by atoms with Crippen LogP contribution in [-0.4, -0.2) is 45.5 Å². The Kier molecular flexibility index (Phi) is 5.30. The van der Waals surface area contributed by atoms with Gasteiger partial charge in [0, 0.05) is 30.0 Å². The number of thioether (sulfide) groups is 1. The number of amides is 1. The molecule has 1 saturated heterocycles. The van der Waals surface area contributed by atoms with E-state index < -0.39 is 11.4 Å². The summed E-state index contributed by atoms with van der Waals surface area (Å²) in [7, 11) is 0. The molecule has 0 bridgehead atoms. The summed E-state index contributed by atoms with van der Waals surface area (Å²) in [4.78, 5) is 25.6. The SMILES string of the molecule is CC1CN(C(=O)CC(C)(C(=O)O)C(C)C)CC(C)S1. The van der Waals surface area contributed by atoms with Gasteiger partial charge in [-0.05, 0) is 12.8 Å². The molecule has 110 valence electrons. The van der Waals surface area contributed by atoms with Crippen LogP contribution < -0.4 is 0 Å². The predicted octanol–water partition coefficient (Wildman–Crippen LogP) is 2.48. The van der Waals surface area contributed by atoms with Crippen LogP contribution in [0, 0.1) is 11.3 Å². The first kappa shape index (κ1) is 16.3. The van der Waals surface area contributed by atoms with Gasteiger partial charge in [-0.25, -0.2) is 0 Å². The van der Waals surface area contributed by atoms with E-state index in [0.29, 0.717) is 10.5 Å². The van der Waals surface area contributed by atoms with Crippen LogP contribution in [0.1, 0.15) is 41.0 Å². The van der Waals surface area contributed by atoms with Gasteiger partial charge in [0.25, 0.3) is 0 Å². The maximum absolute atomic E-state index is 12.4. The minimum Gasteiger partial charge on any atom is -0.481 e. The van der Waals surface area contributed by atoms with E-state index in [-0.39, 0.29) is 18.2 Å². The first-order valence-corrected chi connectivity index (χ1v) is 7.77. The third-order valence-electron chi connectivity index (χ3n) is 4.05. The van der Waals surface area contributed by atoms with E-state index >= 15 is 0 Å². The number of carboxylic acids is 1. The highest BCUT2D eigenvalue weighted by Gasteiger charge is 2.40. The average Bonchev–Trinajstić information content (AvgIpc) is 2.26. The normalized spacial score (nSPS) is 27.2.